The van der Waals surface area contributed by atoms with Crippen molar-refractivity contribution in [2.24, 2.45) is 11.3 Å². The van der Waals surface area contributed by atoms with Crippen molar-refractivity contribution in [2.45, 2.75) is 32.1 Å². The molecule has 20 heavy (non-hydrogen) atoms. The Kier molecular flexibility index (Phi) is 3.92. The summed E-state index contributed by atoms with van der Waals surface area (Å²) in [5, 5.41) is 10.4. The smallest absolute Gasteiger partial charge is 0.207 e. The second-order valence-electron chi connectivity index (χ2n) is 5.90. The maximum atomic E-state index is 12.2. The molecule has 0 radical (unpaired) electrons. The number of rotatable bonds is 3. The van der Waals surface area contributed by atoms with Crippen molar-refractivity contribution >= 4 is 9.84 Å². The third-order valence-electron chi connectivity index (χ3n) is 4.21. The van der Waals surface area contributed by atoms with E-state index in [4.69, 9.17) is 0 Å². The molecule has 0 heterocycles. The van der Waals surface area contributed by atoms with E-state index in [1.165, 1.54) is 0 Å². The van der Waals surface area contributed by atoms with Crippen molar-refractivity contribution in [3.8, 4) is 0 Å². The van der Waals surface area contributed by atoms with Crippen molar-refractivity contribution in [2.75, 3.05) is 6.61 Å². The number of aryl methyl sites for hydroxylation is 1. The van der Waals surface area contributed by atoms with Gasteiger partial charge in [0, 0.05) is 6.61 Å². The second-order valence-corrected chi connectivity index (χ2v) is 7.70. The number of aliphatic hydroxyl groups excluding tert-OH is 1. The largest absolute Gasteiger partial charge is 0.396 e. The molecule has 2 rings (SSSR count). The monoisotopic (exact) mass is 292 g/mol. The predicted octanol–water partition coefficient (Wildman–Crippen LogP) is 2.85. The summed E-state index contributed by atoms with van der Waals surface area (Å²) in [5.74, 6) is 0.195. The molecule has 3 nitrogen and oxygen atoms in total. The molecule has 0 bridgehead atoms. The molecule has 0 aliphatic heterocycles. The highest BCUT2D eigenvalue weighted by atomic mass is 32.2. The van der Waals surface area contributed by atoms with Gasteiger partial charge in [0.2, 0.25) is 9.84 Å². The quantitative estimate of drug-likeness (QED) is 0.872. The molecule has 0 aromatic heterocycles. The predicted molar refractivity (Wildman–Crippen MR) is 78.9 cm³/mol. The minimum absolute atomic E-state index is 0.128. The molecule has 1 saturated carbocycles. The summed E-state index contributed by atoms with van der Waals surface area (Å²) in [7, 11) is -3.44. The second kappa shape index (κ2) is 5.21. The van der Waals surface area contributed by atoms with Gasteiger partial charge in [-0.1, -0.05) is 31.5 Å². The Labute approximate surface area is 120 Å². The van der Waals surface area contributed by atoms with E-state index in [0.717, 1.165) is 16.5 Å². The van der Waals surface area contributed by atoms with Gasteiger partial charge >= 0.3 is 0 Å². The standard InChI is InChI=1S/C16H20O3S/c1-12-4-6-15(7-5-12)20(18,19)9-8-13-10-14(11-17)16(13,2)3/h4-7,9,14,17H,10-11H2,1-3H3. The zero-order valence-electron chi connectivity index (χ0n) is 12.1. The molecule has 1 aliphatic rings. The zero-order chi connectivity index (χ0) is 15.0. The molecular weight excluding hydrogens is 272 g/mol. The number of hydrogen-bond donors (Lipinski definition) is 1. The summed E-state index contributed by atoms with van der Waals surface area (Å²) in [4.78, 5) is 0.284. The Morgan fingerprint density at radius 2 is 1.95 bits per heavy atom. The first kappa shape index (κ1) is 15.0. The van der Waals surface area contributed by atoms with Crippen LogP contribution in [0.5, 0.6) is 0 Å². The summed E-state index contributed by atoms with van der Waals surface area (Å²) in [6, 6.07) is 6.78. The van der Waals surface area contributed by atoms with Crippen LogP contribution in [0.4, 0.5) is 0 Å². The van der Waals surface area contributed by atoms with E-state index in [1.807, 2.05) is 20.8 Å². The molecule has 1 unspecified atom stereocenters. The Morgan fingerprint density at radius 1 is 1.35 bits per heavy atom. The number of hydrogen-bond acceptors (Lipinski definition) is 3. The minimum Gasteiger partial charge on any atom is -0.396 e. The molecule has 0 amide bonds. The fraction of sp³-hybridized carbons (Fsp3) is 0.438. The minimum atomic E-state index is -3.44. The normalized spacial score (nSPS) is 21.0. The summed E-state index contributed by atoms with van der Waals surface area (Å²) < 4.78 is 24.3. The van der Waals surface area contributed by atoms with Crippen LogP contribution in [-0.4, -0.2) is 20.1 Å². The number of aliphatic hydroxyl groups is 1. The summed E-state index contributed by atoms with van der Waals surface area (Å²) in [6.07, 6.45) is 0.712. The first-order valence-corrected chi connectivity index (χ1v) is 8.20. The van der Waals surface area contributed by atoms with Crippen molar-refractivity contribution < 1.29 is 13.5 Å². The molecule has 1 atom stereocenters. The molecule has 108 valence electrons. The Morgan fingerprint density at radius 3 is 2.45 bits per heavy atom. The van der Waals surface area contributed by atoms with Crippen molar-refractivity contribution in [3.63, 3.8) is 0 Å². The fourth-order valence-corrected chi connectivity index (χ4v) is 3.31. The van der Waals surface area contributed by atoms with Crippen molar-refractivity contribution in [1.82, 2.24) is 0 Å². The van der Waals surface area contributed by atoms with Crippen LogP contribution in [-0.2, 0) is 9.84 Å². The molecule has 1 fully saturated rings. The van der Waals surface area contributed by atoms with Crippen LogP contribution in [0.25, 0.3) is 0 Å². The van der Waals surface area contributed by atoms with Gasteiger partial charge in [0.1, 0.15) is 0 Å². The van der Waals surface area contributed by atoms with E-state index in [2.05, 4.69) is 5.73 Å². The van der Waals surface area contributed by atoms with E-state index >= 15 is 0 Å². The van der Waals surface area contributed by atoms with Gasteiger partial charge in [-0.05, 0) is 42.4 Å². The van der Waals surface area contributed by atoms with Crippen molar-refractivity contribution in [3.05, 3.63) is 46.5 Å². The van der Waals surface area contributed by atoms with Gasteiger partial charge in [-0.2, -0.15) is 0 Å². The molecule has 4 heteroatoms. The van der Waals surface area contributed by atoms with Crippen LogP contribution in [0.2, 0.25) is 0 Å². The number of benzene rings is 1. The Hall–Kier alpha value is -1.35. The first-order valence-electron chi connectivity index (χ1n) is 6.66. The number of sulfone groups is 1. The van der Waals surface area contributed by atoms with E-state index in [0.29, 0.717) is 6.42 Å². The Balaban J connectivity index is 2.30. The van der Waals surface area contributed by atoms with Crippen LogP contribution in [0.15, 0.2) is 45.9 Å². The van der Waals surface area contributed by atoms with Crippen LogP contribution < -0.4 is 0 Å². The van der Waals surface area contributed by atoms with Gasteiger partial charge in [0.15, 0.2) is 0 Å². The lowest BCUT2D eigenvalue weighted by Gasteiger charge is -2.45. The fourth-order valence-electron chi connectivity index (χ4n) is 2.36. The molecule has 1 aromatic carbocycles. The zero-order valence-corrected chi connectivity index (χ0v) is 12.9. The third-order valence-corrected chi connectivity index (χ3v) is 5.56. The summed E-state index contributed by atoms with van der Waals surface area (Å²) in [6.45, 7) is 6.06. The van der Waals surface area contributed by atoms with E-state index in [-0.39, 0.29) is 22.8 Å². The molecule has 0 saturated heterocycles. The van der Waals surface area contributed by atoms with E-state index in [9.17, 15) is 13.5 Å². The first-order chi connectivity index (χ1) is 9.27. The van der Waals surface area contributed by atoms with Crippen LogP contribution >= 0.6 is 0 Å². The summed E-state index contributed by atoms with van der Waals surface area (Å²) >= 11 is 0. The lowest BCUT2D eigenvalue weighted by molar-refractivity contribution is 0.0853. The van der Waals surface area contributed by atoms with E-state index < -0.39 is 9.84 Å². The SMILES string of the molecule is Cc1ccc(S(=O)(=O)C=C=C2CC(CO)C2(C)C)cc1. The molecule has 1 aromatic rings. The summed E-state index contributed by atoms with van der Waals surface area (Å²) in [5.41, 5.74) is 4.72. The van der Waals surface area contributed by atoms with Gasteiger partial charge in [0.25, 0.3) is 0 Å². The highest BCUT2D eigenvalue weighted by Gasteiger charge is 2.42. The van der Waals surface area contributed by atoms with Gasteiger partial charge in [-0.3, -0.25) is 0 Å². The average molecular weight is 292 g/mol. The third kappa shape index (κ3) is 2.73. The lowest BCUT2D eigenvalue weighted by atomic mass is 9.59. The van der Waals surface area contributed by atoms with Gasteiger partial charge in [-0.25, -0.2) is 8.42 Å². The van der Waals surface area contributed by atoms with Crippen LogP contribution in [0.1, 0.15) is 25.8 Å². The van der Waals surface area contributed by atoms with Gasteiger partial charge < -0.3 is 5.11 Å². The highest BCUT2D eigenvalue weighted by molar-refractivity contribution is 7.94. The Bertz CT molecular complexity index is 660. The molecular formula is C16H20O3S. The number of allylic oxidation sites excluding steroid dienone is 1. The topological polar surface area (TPSA) is 54.4 Å². The van der Waals surface area contributed by atoms with E-state index in [1.54, 1.807) is 24.3 Å². The molecule has 1 N–H and O–H groups in total. The van der Waals surface area contributed by atoms with Crippen LogP contribution in [0, 0.1) is 18.3 Å². The molecule has 1 aliphatic carbocycles. The lowest BCUT2D eigenvalue weighted by Crippen LogP contribution is -2.39. The maximum Gasteiger partial charge on any atom is 0.207 e. The average Bonchev–Trinajstić information content (AvgIpc) is 2.38. The maximum absolute atomic E-state index is 12.2. The molecule has 0 spiro atoms. The van der Waals surface area contributed by atoms with Crippen molar-refractivity contribution in [1.29, 1.82) is 0 Å². The van der Waals surface area contributed by atoms with Gasteiger partial charge in [0.05, 0.1) is 10.3 Å². The highest BCUT2D eigenvalue weighted by Crippen LogP contribution is 2.49. The van der Waals surface area contributed by atoms with Crippen LogP contribution in [0.3, 0.4) is 0 Å². The van der Waals surface area contributed by atoms with Gasteiger partial charge in [-0.15, -0.1) is 5.73 Å².